The molecule has 1 aliphatic heterocycles. The first-order valence-electron chi connectivity index (χ1n) is 9.49. The molecule has 1 fully saturated rings. The van der Waals surface area contributed by atoms with E-state index in [2.05, 4.69) is 16.0 Å². The van der Waals surface area contributed by atoms with Crippen molar-refractivity contribution in [1.82, 2.24) is 10.6 Å². The Hall–Kier alpha value is -3.00. The maximum atomic E-state index is 12.4. The zero-order valence-corrected chi connectivity index (χ0v) is 16.9. The molecule has 2 aromatic rings. The third-order valence-corrected chi connectivity index (χ3v) is 5.90. The van der Waals surface area contributed by atoms with E-state index in [-0.39, 0.29) is 36.6 Å². The second-order valence-electron chi connectivity index (χ2n) is 6.96. The Morgan fingerprint density at radius 2 is 1.93 bits per heavy atom. The molecule has 4 amide bonds. The van der Waals surface area contributed by atoms with Gasteiger partial charge in [0.05, 0.1) is 5.41 Å². The van der Waals surface area contributed by atoms with Crippen LogP contribution in [0.3, 0.4) is 0 Å². The minimum Gasteiger partial charge on any atom is -0.351 e. The van der Waals surface area contributed by atoms with Gasteiger partial charge in [-0.15, -0.1) is 0 Å². The average molecular weight is 413 g/mol. The van der Waals surface area contributed by atoms with Crippen LogP contribution in [0.5, 0.6) is 0 Å². The largest absolute Gasteiger partial charge is 0.351 e. The van der Waals surface area contributed by atoms with Crippen molar-refractivity contribution in [2.75, 3.05) is 11.9 Å². The number of amides is 4. The van der Waals surface area contributed by atoms with E-state index in [1.807, 2.05) is 24.4 Å². The normalized spacial score (nSPS) is 18.8. The highest BCUT2D eigenvalue weighted by molar-refractivity contribution is 7.08. The number of benzene rings is 1. The van der Waals surface area contributed by atoms with Gasteiger partial charge in [0.2, 0.25) is 17.7 Å². The van der Waals surface area contributed by atoms with Crippen LogP contribution in [0, 0.1) is 0 Å². The van der Waals surface area contributed by atoms with Crippen LogP contribution in [0.25, 0.3) is 0 Å². The van der Waals surface area contributed by atoms with Gasteiger partial charge in [-0.25, -0.2) is 0 Å². The first-order valence-corrected chi connectivity index (χ1v) is 10.4. The first kappa shape index (κ1) is 20.7. The van der Waals surface area contributed by atoms with E-state index >= 15 is 0 Å². The van der Waals surface area contributed by atoms with Crippen molar-refractivity contribution < 1.29 is 19.2 Å². The maximum Gasteiger partial charge on any atom is 0.252 e. The van der Waals surface area contributed by atoms with E-state index in [0.29, 0.717) is 30.5 Å². The van der Waals surface area contributed by atoms with Gasteiger partial charge in [-0.1, -0.05) is 19.1 Å². The molecule has 1 saturated heterocycles. The fourth-order valence-electron chi connectivity index (χ4n) is 3.45. The minimum absolute atomic E-state index is 0.154. The summed E-state index contributed by atoms with van der Waals surface area (Å²) in [5.41, 5.74) is 1.30. The summed E-state index contributed by atoms with van der Waals surface area (Å²) in [6, 6.07) is 8.85. The number of anilines is 1. The summed E-state index contributed by atoms with van der Waals surface area (Å²) < 4.78 is 0. The van der Waals surface area contributed by atoms with Crippen molar-refractivity contribution in [1.29, 1.82) is 0 Å². The molecule has 1 unspecified atom stereocenters. The maximum absolute atomic E-state index is 12.4. The number of hydrogen-bond donors (Lipinski definition) is 3. The monoisotopic (exact) mass is 413 g/mol. The standard InChI is InChI=1S/C21H23N3O4S/c1-2-21(10-7-17(25)24-20(21)28)15-3-5-16(6-4-15)23-18(26)8-11-22-19(27)14-9-12-29-13-14/h3-6,9,12-13H,2,7-8,10-11H2,1H3,(H,22,27)(H,23,26)(H,24,25,28). The molecule has 3 N–H and O–H groups in total. The van der Waals surface area contributed by atoms with E-state index in [1.54, 1.807) is 23.6 Å². The van der Waals surface area contributed by atoms with Gasteiger partial charge in [0.25, 0.3) is 5.91 Å². The van der Waals surface area contributed by atoms with Gasteiger partial charge in [0.1, 0.15) is 0 Å². The Morgan fingerprint density at radius 1 is 1.17 bits per heavy atom. The van der Waals surface area contributed by atoms with Crippen molar-refractivity contribution in [3.63, 3.8) is 0 Å². The fourth-order valence-corrected chi connectivity index (χ4v) is 4.08. The number of carbonyl (C=O) groups is 4. The lowest BCUT2D eigenvalue weighted by molar-refractivity contribution is -0.138. The van der Waals surface area contributed by atoms with Crippen LogP contribution in [0.4, 0.5) is 5.69 Å². The molecule has 0 saturated carbocycles. The summed E-state index contributed by atoms with van der Waals surface area (Å²) in [7, 11) is 0. The molecule has 0 aliphatic carbocycles. The topological polar surface area (TPSA) is 104 Å². The van der Waals surface area contributed by atoms with Crippen molar-refractivity contribution in [3.8, 4) is 0 Å². The van der Waals surface area contributed by atoms with E-state index in [4.69, 9.17) is 0 Å². The molecule has 2 heterocycles. The number of carbonyl (C=O) groups excluding carboxylic acids is 4. The van der Waals surface area contributed by atoms with E-state index < -0.39 is 5.41 Å². The van der Waals surface area contributed by atoms with Crippen molar-refractivity contribution in [2.24, 2.45) is 0 Å². The number of imide groups is 1. The third-order valence-electron chi connectivity index (χ3n) is 5.21. The van der Waals surface area contributed by atoms with Gasteiger partial charge in [0, 0.05) is 36.0 Å². The lowest BCUT2D eigenvalue weighted by Gasteiger charge is -2.35. The van der Waals surface area contributed by atoms with E-state index in [9.17, 15) is 19.2 Å². The fraction of sp³-hybridized carbons (Fsp3) is 0.333. The highest BCUT2D eigenvalue weighted by Crippen LogP contribution is 2.36. The summed E-state index contributed by atoms with van der Waals surface area (Å²) >= 11 is 1.44. The van der Waals surface area contributed by atoms with Gasteiger partial charge in [-0.2, -0.15) is 11.3 Å². The second-order valence-corrected chi connectivity index (χ2v) is 7.74. The SMILES string of the molecule is CCC1(c2ccc(NC(=O)CCNC(=O)c3ccsc3)cc2)CCC(=O)NC1=O. The number of nitrogens with one attached hydrogen (secondary N) is 3. The molecule has 1 aromatic carbocycles. The molecule has 1 atom stereocenters. The predicted octanol–water partition coefficient (Wildman–Crippen LogP) is 2.59. The summed E-state index contributed by atoms with van der Waals surface area (Å²) in [6.07, 6.45) is 1.53. The predicted molar refractivity (Wildman–Crippen MR) is 111 cm³/mol. The molecular weight excluding hydrogens is 390 g/mol. The van der Waals surface area contributed by atoms with Gasteiger partial charge in [-0.3, -0.25) is 24.5 Å². The molecule has 0 bridgehead atoms. The zero-order chi connectivity index (χ0) is 20.9. The van der Waals surface area contributed by atoms with Crippen molar-refractivity contribution in [3.05, 3.63) is 52.2 Å². The lowest BCUT2D eigenvalue weighted by atomic mass is 9.72. The molecular formula is C21H23N3O4S. The number of rotatable bonds is 7. The number of piperidine rings is 1. The van der Waals surface area contributed by atoms with Gasteiger partial charge >= 0.3 is 0 Å². The molecule has 0 radical (unpaired) electrons. The molecule has 1 aliphatic rings. The smallest absolute Gasteiger partial charge is 0.252 e. The summed E-state index contributed by atoms with van der Waals surface area (Å²) in [5, 5.41) is 11.5. The Labute approximate surface area is 172 Å². The van der Waals surface area contributed by atoms with Gasteiger partial charge in [0.15, 0.2) is 0 Å². The Bertz CT molecular complexity index is 909. The molecule has 7 nitrogen and oxygen atoms in total. The first-order chi connectivity index (χ1) is 13.9. The van der Waals surface area contributed by atoms with Crippen molar-refractivity contribution >= 4 is 40.7 Å². The van der Waals surface area contributed by atoms with Crippen molar-refractivity contribution in [2.45, 2.75) is 38.0 Å². The average Bonchev–Trinajstić information content (AvgIpc) is 3.24. The lowest BCUT2D eigenvalue weighted by Crippen LogP contribution is -2.51. The van der Waals surface area contributed by atoms with Crippen LogP contribution >= 0.6 is 11.3 Å². The number of hydrogen-bond acceptors (Lipinski definition) is 5. The summed E-state index contributed by atoms with van der Waals surface area (Å²) in [6.45, 7) is 2.17. The molecule has 3 rings (SSSR count). The Kier molecular flexibility index (Phi) is 6.43. The molecule has 29 heavy (non-hydrogen) atoms. The highest BCUT2D eigenvalue weighted by Gasteiger charge is 2.42. The molecule has 0 spiro atoms. The third kappa shape index (κ3) is 4.71. The molecule has 8 heteroatoms. The summed E-state index contributed by atoms with van der Waals surface area (Å²) in [5.74, 6) is -0.921. The Balaban J connectivity index is 1.54. The van der Waals surface area contributed by atoms with Crippen LogP contribution in [-0.2, 0) is 19.8 Å². The quantitative estimate of drug-likeness (QED) is 0.607. The van der Waals surface area contributed by atoms with Crippen LogP contribution in [0.15, 0.2) is 41.1 Å². The highest BCUT2D eigenvalue weighted by atomic mass is 32.1. The molecule has 152 valence electrons. The van der Waals surface area contributed by atoms with Crippen LogP contribution in [-0.4, -0.2) is 30.2 Å². The second kappa shape index (κ2) is 9.00. The van der Waals surface area contributed by atoms with Crippen LogP contribution < -0.4 is 16.0 Å². The number of thiophene rings is 1. The van der Waals surface area contributed by atoms with E-state index in [0.717, 1.165) is 5.56 Å². The minimum atomic E-state index is -0.720. The van der Waals surface area contributed by atoms with Gasteiger partial charge in [-0.05, 0) is 42.0 Å². The summed E-state index contributed by atoms with van der Waals surface area (Å²) in [4.78, 5) is 47.9. The van der Waals surface area contributed by atoms with Crippen LogP contribution in [0.1, 0.15) is 48.5 Å². The zero-order valence-electron chi connectivity index (χ0n) is 16.1. The Morgan fingerprint density at radius 3 is 2.55 bits per heavy atom. The van der Waals surface area contributed by atoms with Crippen LogP contribution in [0.2, 0.25) is 0 Å². The molecule has 1 aromatic heterocycles. The van der Waals surface area contributed by atoms with E-state index in [1.165, 1.54) is 11.3 Å². The van der Waals surface area contributed by atoms with Gasteiger partial charge < -0.3 is 10.6 Å².